The maximum absolute atomic E-state index is 11.2. The van der Waals surface area contributed by atoms with Crippen molar-refractivity contribution in [1.82, 2.24) is 0 Å². The summed E-state index contributed by atoms with van der Waals surface area (Å²) in [6, 6.07) is 9.54. The van der Waals surface area contributed by atoms with Crippen molar-refractivity contribution in [3.63, 3.8) is 0 Å². The lowest BCUT2D eigenvalue weighted by molar-refractivity contribution is -0.144. The second-order valence-electron chi connectivity index (χ2n) is 3.21. The van der Waals surface area contributed by atoms with Gasteiger partial charge in [-0.05, 0) is 5.56 Å². The molecule has 0 radical (unpaired) electrons. The number of hydrogen-bond acceptors (Lipinski definition) is 2. The molecule has 0 aliphatic heterocycles. The number of carbonyl (C=O) groups is 1. The van der Waals surface area contributed by atoms with E-state index in [4.69, 9.17) is 16.3 Å². The van der Waals surface area contributed by atoms with E-state index in [1.165, 1.54) is 0 Å². The van der Waals surface area contributed by atoms with Gasteiger partial charge in [-0.1, -0.05) is 42.5 Å². The fraction of sp³-hybridized carbons (Fsp3) is 0.250. The third kappa shape index (κ3) is 4.66. The lowest BCUT2D eigenvalue weighted by Crippen LogP contribution is -2.05. The molecule has 1 aromatic carbocycles. The van der Waals surface area contributed by atoms with E-state index in [1.54, 1.807) is 0 Å². The first-order chi connectivity index (χ1) is 7.22. The second kappa shape index (κ2) is 6.25. The summed E-state index contributed by atoms with van der Waals surface area (Å²) in [6.45, 7) is 3.94. The van der Waals surface area contributed by atoms with Crippen LogP contribution in [0.3, 0.4) is 0 Å². The summed E-state index contributed by atoms with van der Waals surface area (Å²) in [4.78, 5) is 11.2. The lowest BCUT2D eigenvalue weighted by Gasteiger charge is -2.04. The smallest absolute Gasteiger partial charge is 0.310 e. The highest BCUT2D eigenvalue weighted by Crippen LogP contribution is 2.05. The molecule has 2 nitrogen and oxygen atoms in total. The van der Waals surface area contributed by atoms with E-state index in [9.17, 15) is 4.79 Å². The molecular formula is C12H13ClO2. The van der Waals surface area contributed by atoms with Crippen LogP contribution >= 0.6 is 11.6 Å². The second-order valence-corrected chi connectivity index (χ2v) is 3.47. The summed E-state index contributed by atoms with van der Waals surface area (Å²) in [6.07, 6.45) is 0.191. The minimum absolute atomic E-state index is 0.191. The van der Waals surface area contributed by atoms with Gasteiger partial charge in [-0.3, -0.25) is 4.79 Å². The number of esters is 1. The van der Waals surface area contributed by atoms with Crippen molar-refractivity contribution in [1.29, 1.82) is 0 Å². The Hall–Kier alpha value is -1.28. The van der Waals surface area contributed by atoms with Crippen molar-refractivity contribution in [3.05, 3.63) is 48.0 Å². The van der Waals surface area contributed by atoms with Gasteiger partial charge in [0.1, 0.15) is 6.61 Å². The third-order valence-electron chi connectivity index (χ3n) is 1.83. The van der Waals surface area contributed by atoms with Gasteiger partial charge in [0.25, 0.3) is 0 Å². The van der Waals surface area contributed by atoms with Gasteiger partial charge in [0, 0.05) is 5.88 Å². The van der Waals surface area contributed by atoms with Crippen LogP contribution in [0.25, 0.3) is 0 Å². The first-order valence-corrected chi connectivity index (χ1v) is 5.18. The summed E-state index contributed by atoms with van der Waals surface area (Å²) in [5.74, 6) is 0.00460. The van der Waals surface area contributed by atoms with E-state index in [0.29, 0.717) is 18.1 Å². The van der Waals surface area contributed by atoms with Crippen LogP contribution in [0.1, 0.15) is 12.0 Å². The SMILES string of the molecule is C=C(CCl)CC(=O)OCc1ccccc1. The maximum Gasteiger partial charge on any atom is 0.310 e. The highest BCUT2D eigenvalue weighted by Gasteiger charge is 2.04. The van der Waals surface area contributed by atoms with Crippen LogP contribution < -0.4 is 0 Å². The zero-order valence-electron chi connectivity index (χ0n) is 8.41. The Bertz CT molecular complexity index is 333. The molecule has 0 aromatic heterocycles. The molecule has 15 heavy (non-hydrogen) atoms. The normalized spacial score (nSPS) is 9.67. The molecule has 3 heteroatoms. The Morgan fingerprint density at radius 3 is 2.60 bits per heavy atom. The number of hydrogen-bond donors (Lipinski definition) is 0. The summed E-state index contributed by atoms with van der Waals surface area (Å²) in [5.41, 5.74) is 1.65. The molecular weight excluding hydrogens is 212 g/mol. The van der Waals surface area contributed by atoms with Gasteiger partial charge in [0.05, 0.1) is 6.42 Å². The van der Waals surface area contributed by atoms with E-state index in [2.05, 4.69) is 6.58 Å². The molecule has 0 aliphatic rings. The maximum atomic E-state index is 11.2. The van der Waals surface area contributed by atoms with Crippen molar-refractivity contribution >= 4 is 17.6 Å². The van der Waals surface area contributed by atoms with Crippen molar-refractivity contribution in [2.45, 2.75) is 13.0 Å². The largest absolute Gasteiger partial charge is 0.461 e. The van der Waals surface area contributed by atoms with Crippen LogP contribution in [0, 0.1) is 0 Å². The number of rotatable bonds is 5. The Morgan fingerprint density at radius 2 is 2.00 bits per heavy atom. The number of halogens is 1. The van der Waals surface area contributed by atoms with Gasteiger partial charge in [-0.15, -0.1) is 11.6 Å². The zero-order valence-corrected chi connectivity index (χ0v) is 9.17. The lowest BCUT2D eigenvalue weighted by atomic mass is 10.2. The predicted octanol–water partition coefficient (Wildman–Crippen LogP) is 2.91. The molecule has 80 valence electrons. The minimum Gasteiger partial charge on any atom is -0.461 e. The molecule has 1 aromatic rings. The van der Waals surface area contributed by atoms with Gasteiger partial charge in [-0.2, -0.15) is 0 Å². The summed E-state index contributed by atoms with van der Waals surface area (Å²) < 4.78 is 5.04. The Labute approximate surface area is 94.5 Å². The Balaban J connectivity index is 2.32. The summed E-state index contributed by atoms with van der Waals surface area (Å²) in [5, 5.41) is 0. The molecule has 0 spiro atoms. The van der Waals surface area contributed by atoms with Crippen LogP contribution in [0.4, 0.5) is 0 Å². The van der Waals surface area contributed by atoms with Crippen LogP contribution in [0.5, 0.6) is 0 Å². The molecule has 0 N–H and O–H groups in total. The summed E-state index contributed by atoms with van der Waals surface area (Å²) >= 11 is 5.51. The van der Waals surface area contributed by atoms with Crippen molar-refractivity contribution in [3.8, 4) is 0 Å². The third-order valence-corrected chi connectivity index (χ3v) is 2.20. The number of carbonyl (C=O) groups excluding carboxylic acids is 1. The van der Waals surface area contributed by atoms with Gasteiger partial charge in [0.2, 0.25) is 0 Å². The van der Waals surface area contributed by atoms with E-state index in [-0.39, 0.29) is 12.4 Å². The molecule has 0 bridgehead atoms. The fourth-order valence-corrected chi connectivity index (χ4v) is 1.13. The predicted molar refractivity (Wildman–Crippen MR) is 60.7 cm³/mol. The molecule has 0 heterocycles. The molecule has 0 atom stereocenters. The van der Waals surface area contributed by atoms with Crippen molar-refractivity contribution < 1.29 is 9.53 Å². The molecule has 0 saturated heterocycles. The molecule has 0 aliphatic carbocycles. The first-order valence-electron chi connectivity index (χ1n) is 4.64. The van der Waals surface area contributed by atoms with Gasteiger partial charge in [0.15, 0.2) is 0 Å². The van der Waals surface area contributed by atoms with Crippen LogP contribution in [-0.2, 0) is 16.1 Å². The standard InChI is InChI=1S/C12H13ClO2/c1-10(8-13)7-12(14)15-9-11-5-3-2-4-6-11/h2-6H,1,7-9H2. The summed E-state index contributed by atoms with van der Waals surface area (Å²) in [7, 11) is 0. The van der Waals surface area contributed by atoms with Gasteiger partial charge in [-0.25, -0.2) is 0 Å². The van der Waals surface area contributed by atoms with E-state index < -0.39 is 0 Å². The topological polar surface area (TPSA) is 26.3 Å². The Morgan fingerprint density at radius 1 is 1.33 bits per heavy atom. The van der Waals surface area contributed by atoms with Crippen LogP contribution in [-0.4, -0.2) is 11.8 Å². The molecule has 0 fully saturated rings. The molecule has 1 rings (SSSR count). The van der Waals surface area contributed by atoms with Crippen molar-refractivity contribution in [2.75, 3.05) is 5.88 Å². The monoisotopic (exact) mass is 224 g/mol. The van der Waals surface area contributed by atoms with Crippen LogP contribution in [0.15, 0.2) is 42.5 Å². The van der Waals surface area contributed by atoms with Gasteiger partial charge < -0.3 is 4.74 Å². The van der Waals surface area contributed by atoms with Crippen molar-refractivity contribution in [2.24, 2.45) is 0 Å². The average molecular weight is 225 g/mol. The molecule has 0 unspecified atom stereocenters. The zero-order chi connectivity index (χ0) is 11.1. The quantitative estimate of drug-likeness (QED) is 0.437. The number of ether oxygens (including phenoxy) is 1. The molecule has 0 saturated carbocycles. The van der Waals surface area contributed by atoms with E-state index in [0.717, 1.165) is 5.56 Å². The van der Waals surface area contributed by atoms with E-state index in [1.807, 2.05) is 30.3 Å². The minimum atomic E-state index is -0.287. The van der Waals surface area contributed by atoms with E-state index >= 15 is 0 Å². The Kier molecular flexibility index (Phi) is 4.91. The number of benzene rings is 1. The van der Waals surface area contributed by atoms with Crippen LogP contribution in [0.2, 0.25) is 0 Å². The average Bonchev–Trinajstić information content (AvgIpc) is 2.27. The fourth-order valence-electron chi connectivity index (χ4n) is 1.04. The molecule has 0 amide bonds. The van der Waals surface area contributed by atoms with Gasteiger partial charge >= 0.3 is 5.97 Å². The first kappa shape index (κ1) is 11.8. The highest BCUT2D eigenvalue weighted by molar-refractivity contribution is 6.19. The highest BCUT2D eigenvalue weighted by atomic mass is 35.5. The number of alkyl halides is 1.